The maximum absolute atomic E-state index is 11.7. The molecule has 5 nitrogen and oxygen atoms in total. The van der Waals surface area contributed by atoms with Gasteiger partial charge in [0.15, 0.2) is 0 Å². The average molecular weight is 304 g/mol. The molecule has 0 aromatic carbocycles. The molecule has 0 spiro atoms. The summed E-state index contributed by atoms with van der Waals surface area (Å²) in [7, 11) is -3.04. The first-order valence-electron chi connectivity index (χ1n) is 7.80. The van der Waals surface area contributed by atoms with Gasteiger partial charge >= 0.3 is 0 Å². The van der Waals surface area contributed by atoms with E-state index < -0.39 is 10.0 Å². The SMILES string of the molecule is CCNC(CC1CCCN(S(C)(=O)=O)C1)C1CCCO1. The van der Waals surface area contributed by atoms with Crippen molar-refractivity contribution in [2.75, 3.05) is 32.5 Å². The summed E-state index contributed by atoms with van der Waals surface area (Å²) in [6, 6.07) is 0.368. The van der Waals surface area contributed by atoms with E-state index in [1.165, 1.54) is 6.26 Å². The Kier molecular flexibility index (Phi) is 5.84. The fraction of sp³-hybridized carbons (Fsp3) is 1.00. The summed E-state index contributed by atoms with van der Waals surface area (Å²) in [4.78, 5) is 0. The van der Waals surface area contributed by atoms with Gasteiger partial charge < -0.3 is 10.1 Å². The molecule has 0 radical (unpaired) electrons. The van der Waals surface area contributed by atoms with E-state index >= 15 is 0 Å². The van der Waals surface area contributed by atoms with Crippen LogP contribution >= 0.6 is 0 Å². The van der Waals surface area contributed by atoms with Crippen molar-refractivity contribution in [3.05, 3.63) is 0 Å². The fourth-order valence-electron chi connectivity index (χ4n) is 3.43. The quantitative estimate of drug-likeness (QED) is 0.801. The predicted octanol–water partition coefficient (Wildman–Crippen LogP) is 1.21. The van der Waals surface area contributed by atoms with Gasteiger partial charge in [0.2, 0.25) is 10.0 Å². The molecule has 0 bridgehead atoms. The number of hydrogen-bond donors (Lipinski definition) is 1. The second-order valence-corrected chi connectivity index (χ2v) is 8.06. The van der Waals surface area contributed by atoms with Crippen LogP contribution in [0.1, 0.15) is 39.0 Å². The maximum atomic E-state index is 11.7. The maximum Gasteiger partial charge on any atom is 0.211 e. The van der Waals surface area contributed by atoms with Crippen molar-refractivity contribution in [2.45, 2.75) is 51.2 Å². The molecule has 2 fully saturated rings. The fourth-order valence-corrected chi connectivity index (χ4v) is 4.37. The zero-order chi connectivity index (χ0) is 14.6. The lowest BCUT2D eigenvalue weighted by Crippen LogP contribution is -2.45. The third kappa shape index (κ3) is 4.41. The van der Waals surface area contributed by atoms with Crippen LogP contribution < -0.4 is 5.32 Å². The first kappa shape index (κ1) is 16.2. The number of ether oxygens (including phenoxy) is 1. The summed E-state index contributed by atoms with van der Waals surface area (Å²) in [6.07, 6.45) is 7.01. The molecular formula is C14H28N2O3S. The van der Waals surface area contributed by atoms with Crippen LogP contribution in [0.2, 0.25) is 0 Å². The molecule has 0 saturated carbocycles. The Bertz CT molecular complexity index is 393. The van der Waals surface area contributed by atoms with Crippen molar-refractivity contribution in [1.82, 2.24) is 9.62 Å². The number of rotatable bonds is 6. The van der Waals surface area contributed by atoms with E-state index in [1.54, 1.807) is 4.31 Å². The molecule has 3 unspecified atom stereocenters. The summed E-state index contributed by atoms with van der Waals surface area (Å²) in [5.74, 6) is 0.451. The largest absolute Gasteiger partial charge is 0.377 e. The third-order valence-electron chi connectivity index (χ3n) is 4.42. The molecule has 2 rings (SSSR count). The number of nitrogens with one attached hydrogen (secondary N) is 1. The predicted molar refractivity (Wildman–Crippen MR) is 80.2 cm³/mol. The van der Waals surface area contributed by atoms with Crippen molar-refractivity contribution < 1.29 is 13.2 Å². The molecule has 2 aliphatic rings. The molecule has 1 N–H and O–H groups in total. The topological polar surface area (TPSA) is 58.6 Å². The molecule has 0 aromatic rings. The van der Waals surface area contributed by atoms with Crippen molar-refractivity contribution >= 4 is 10.0 Å². The summed E-state index contributed by atoms with van der Waals surface area (Å²) < 4.78 is 30.8. The minimum atomic E-state index is -3.04. The number of hydrogen-bond acceptors (Lipinski definition) is 4. The van der Waals surface area contributed by atoms with Gasteiger partial charge in [0.05, 0.1) is 12.4 Å². The van der Waals surface area contributed by atoms with E-state index in [4.69, 9.17) is 4.74 Å². The van der Waals surface area contributed by atoms with Crippen LogP contribution in [0, 0.1) is 5.92 Å². The van der Waals surface area contributed by atoms with E-state index in [1.807, 2.05) is 0 Å². The summed E-state index contributed by atoms with van der Waals surface area (Å²) in [6.45, 7) is 5.28. The van der Waals surface area contributed by atoms with Crippen molar-refractivity contribution in [2.24, 2.45) is 5.92 Å². The van der Waals surface area contributed by atoms with Crippen molar-refractivity contribution in [3.63, 3.8) is 0 Å². The number of sulfonamides is 1. The van der Waals surface area contributed by atoms with Crippen LogP contribution in [0.15, 0.2) is 0 Å². The highest BCUT2D eigenvalue weighted by Crippen LogP contribution is 2.26. The van der Waals surface area contributed by atoms with E-state index in [2.05, 4.69) is 12.2 Å². The number of piperidine rings is 1. The van der Waals surface area contributed by atoms with E-state index in [0.29, 0.717) is 31.2 Å². The Labute approximate surface area is 123 Å². The van der Waals surface area contributed by atoms with E-state index in [-0.39, 0.29) is 0 Å². The average Bonchev–Trinajstić information content (AvgIpc) is 2.91. The van der Waals surface area contributed by atoms with Crippen molar-refractivity contribution in [3.8, 4) is 0 Å². The Balaban J connectivity index is 1.92. The van der Waals surface area contributed by atoms with E-state index in [0.717, 1.165) is 45.3 Å². The van der Waals surface area contributed by atoms with Crippen LogP contribution in [0.4, 0.5) is 0 Å². The van der Waals surface area contributed by atoms with Gasteiger partial charge in [-0.2, -0.15) is 0 Å². The smallest absolute Gasteiger partial charge is 0.211 e. The van der Waals surface area contributed by atoms with Gasteiger partial charge in [0.25, 0.3) is 0 Å². The minimum absolute atomic E-state index is 0.309. The normalized spacial score (nSPS) is 30.5. The van der Waals surface area contributed by atoms with Crippen LogP contribution in [-0.4, -0.2) is 57.4 Å². The first-order valence-corrected chi connectivity index (χ1v) is 9.65. The molecule has 2 saturated heterocycles. The van der Waals surface area contributed by atoms with Crippen LogP contribution in [0.3, 0.4) is 0 Å². The summed E-state index contributed by atoms with van der Waals surface area (Å²) in [5.41, 5.74) is 0. The monoisotopic (exact) mass is 304 g/mol. The Hall–Kier alpha value is -0.170. The van der Waals surface area contributed by atoms with Gasteiger partial charge in [-0.15, -0.1) is 0 Å². The Morgan fingerprint density at radius 2 is 2.15 bits per heavy atom. The van der Waals surface area contributed by atoms with Gasteiger partial charge in [-0.25, -0.2) is 12.7 Å². The number of likely N-dealkylation sites (N-methyl/N-ethyl adjacent to an activating group) is 1. The molecule has 6 heteroatoms. The standard InChI is InChI=1S/C14H28N2O3S/c1-3-15-13(14-7-5-9-19-14)10-12-6-4-8-16(11-12)20(2,17)18/h12-15H,3-11H2,1-2H3. The number of nitrogens with zero attached hydrogens (tertiary/aromatic N) is 1. The lowest BCUT2D eigenvalue weighted by Gasteiger charge is -2.34. The lowest BCUT2D eigenvalue weighted by molar-refractivity contribution is 0.0662. The van der Waals surface area contributed by atoms with Gasteiger partial charge in [0, 0.05) is 25.7 Å². The highest BCUT2D eigenvalue weighted by atomic mass is 32.2. The molecule has 2 heterocycles. The van der Waals surface area contributed by atoms with Gasteiger partial charge in [-0.05, 0) is 44.6 Å². The van der Waals surface area contributed by atoms with Crippen LogP contribution in [0.25, 0.3) is 0 Å². The van der Waals surface area contributed by atoms with Crippen LogP contribution in [0.5, 0.6) is 0 Å². The summed E-state index contributed by atoms with van der Waals surface area (Å²) in [5, 5.41) is 3.53. The Morgan fingerprint density at radius 1 is 1.35 bits per heavy atom. The zero-order valence-electron chi connectivity index (χ0n) is 12.7. The molecule has 0 amide bonds. The van der Waals surface area contributed by atoms with Crippen molar-refractivity contribution in [1.29, 1.82) is 0 Å². The second-order valence-electron chi connectivity index (χ2n) is 6.08. The second kappa shape index (κ2) is 7.20. The Morgan fingerprint density at radius 3 is 2.75 bits per heavy atom. The molecule has 0 aromatic heterocycles. The van der Waals surface area contributed by atoms with Gasteiger partial charge in [-0.1, -0.05) is 6.92 Å². The highest BCUT2D eigenvalue weighted by Gasteiger charge is 2.31. The molecule has 3 atom stereocenters. The minimum Gasteiger partial charge on any atom is -0.377 e. The first-order chi connectivity index (χ1) is 9.50. The molecule has 0 aliphatic carbocycles. The molecule has 118 valence electrons. The lowest BCUT2D eigenvalue weighted by atomic mass is 9.89. The highest BCUT2D eigenvalue weighted by molar-refractivity contribution is 7.88. The van der Waals surface area contributed by atoms with E-state index in [9.17, 15) is 8.42 Å². The van der Waals surface area contributed by atoms with Gasteiger partial charge in [0.1, 0.15) is 0 Å². The molecular weight excluding hydrogens is 276 g/mol. The molecule has 20 heavy (non-hydrogen) atoms. The third-order valence-corrected chi connectivity index (χ3v) is 5.69. The van der Waals surface area contributed by atoms with Gasteiger partial charge in [-0.3, -0.25) is 0 Å². The summed E-state index contributed by atoms with van der Waals surface area (Å²) >= 11 is 0. The molecule has 2 aliphatic heterocycles. The zero-order valence-corrected chi connectivity index (χ0v) is 13.5. The van der Waals surface area contributed by atoms with Crippen LogP contribution in [-0.2, 0) is 14.8 Å².